The molecule has 0 bridgehead atoms. The number of amides is 2. The van der Waals surface area contributed by atoms with Gasteiger partial charge in [-0.25, -0.2) is 0 Å². The number of rotatable bonds is 4. The monoisotopic (exact) mass is 250 g/mol. The lowest BCUT2D eigenvalue weighted by atomic mass is 10.2. The molecule has 0 spiro atoms. The fraction of sp³-hybridized carbons (Fsp3) is 0.385. The fourth-order valence-electron chi connectivity index (χ4n) is 1.33. The van der Waals surface area contributed by atoms with Crippen molar-refractivity contribution in [2.45, 2.75) is 26.5 Å². The van der Waals surface area contributed by atoms with Crippen molar-refractivity contribution in [3.8, 4) is 5.75 Å². The van der Waals surface area contributed by atoms with Crippen LogP contribution in [0, 0.1) is 0 Å². The van der Waals surface area contributed by atoms with Crippen molar-refractivity contribution in [1.82, 2.24) is 10.6 Å². The normalized spacial score (nSPS) is 10.0. The third-order valence-corrected chi connectivity index (χ3v) is 2.18. The Bertz CT molecular complexity index is 413. The maximum absolute atomic E-state index is 11.2. The van der Waals surface area contributed by atoms with E-state index in [0.717, 1.165) is 11.3 Å². The summed E-state index contributed by atoms with van der Waals surface area (Å²) in [4.78, 5) is 22.2. The smallest absolute Gasteiger partial charge is 0.309 e. The van der Waals surface area contributed by atoms with Crippen LogP contribution in [0.1, 0.15) is 19.4 Å². The first-order valence-electron chi connectivity index (χ1n) is 5.78. The summed E-state index contributed by atoms with van der Waals surface area (Å²) in [6, 6.07) is 7.37. The predicted molar refractivity (Wildman–Crippen MR) is 68.1 cm³/mol. The Hall–Kier alpha value is -2.04. The van der Waals surface area contributed by atoms with Gasteiger partial charge in [0, 0.05) is 13.6 Å². The molecule has 0 saturated carbocycles. The highest BCUT2D eigenvalue weighted by Gasteiger charge is 2.09. The number of benzene rings is 1. The summed E-state index contributed by atoms with van der Waals surface area (Å²) in [6.07, 6.45) is 0.129. The van der Waals surface area contributed by atoms with Gasteiger partial charge in [-0.05, 0) is 31.5 Å². The minimum atomic E-state index is -0.644. The summed E-state index contributed by atoms with van der Waals surface area (Å²) in [5, 5.41) is 4.78. The second-order valence-corrected chi connectivity index (χ2v) is 4.07. The Kier molecular flexibility index (Phi) is 5.17. The molecule has 0 aliphatic carbocycles. The number of hydrogen-bond acceptors (Lipinski definition) is 3. The van der Waals surface area contributed by atoms with Crippen LogP contribution in [0.5, 0.6) is 5.75 Å². The molecule has 0 unspecified atom stereocenters. The quantitative estimate of drug-likeness (QED) is 0.778. The Balaban J connectivity index is 2.49. The molecule has 0 aliphatic rings. The van der Waals surface area contributed by atoms with Crippen LogP contribution in [0.25, 0.3) is 0 Å². The Morgan fingerprint density at radius 3 is 2.28 bits per heavy atom. The minimum Gasteiger partial charge on any atom is -0.491 e. The van der Waals surface area contributed by atoms with Gasteiger partial charge >= 0.3 is 11.8 Å². The van der Waals surface area contributed by atoms with E-state index in [4.69, 9.17) is 4.74 Å². The standard InChI is InChI=1S/C13H18N2O3/c1-9(2)18-11-6-4-10(5-7-11)8-15-13(17)12(16)14-3/h4-7,9H,8H2,1-3H3,(H,14,16)(H,15,17). The van der Waals surface area contributed by atoms with Crippen LogP contribution in [-0.2, 0) is 16.1 Å². The SMILES string of the molecule is CNC(=O)C(=O)NCc1ccc(OC(C)C)cc1. The fourth-order valence-corrected chi connectivity index (χ4v) is 1.33. The molecule has 2 N–H and O–H groups in total. The van der Waals surface area contributed by atoms with Crippen LogP contribution in [-0.4, -0.2) is 25.0 Å². The molecule has 0 atom stereocenters. The van der Waals surface area contributed by atoms with E-state index in [-0.39, 0.29) is 6.10 Å². The summed E-state index contributed by atoms with van der Waals surface area (Å²) >= 11 is 0. The lowest BCUT2D eigenvalue weighted by Gasteiger charge is -2.10. The van der Waals surface area contributed by atoms with E-state index in [0.29, 0.717) is 6.54 Å². The van der Waals surface area contributed by atoms with Crippen molar-refractivity contribution in [2.75, 3.05) is 7.05 Å². The first kappa shape index (κ1) is 14.0. The molecule has 0 aliphatic heterocycles. The van der Waals surface area contributed by atoms with Crippen LogP contribution in [0.15, 0.2) is 24.3 Å². The number of hydrogen-bond donors (Lipinski definition) is 2. The van der Waals surface area contributed by atoms with Crippen molar-refractivity contribution in [3.63, 3.8) is 0 Å². The molecule has 0 heterocycles. The molecule has 2 amide bonds. The van der Waals surface area contributed by atoms with Crippen molar-refractivity contribution in [1.29, 1.82) is 0 Å². The molecule has 1 rings (SSSR count). The summed E-state index contributed by atoms with van der Waals surface area (Å²) in [5.74, 6) is -0.499. The molecule has 98 valence electrons. The van der Waals surface area contributed by atoms with Gasteiger partial charge in [0.05, 0.1) is 6.10 Å². The summed E-state index contributed by atoms with van der Waals surface area (Å²) in [6.45, 7) is 4.23. The molecule has 0 saturated heterocycles. The first-order chi connectivity index (χ1) is 8.52. The highest BCUT2D eigenvalue weighted by Crippen LogP contribution is 2.13. The molecule has 0 fully saturated rings. The molecular formula is C13H18N2O3. The predicted octanol–water partition coefficient (Wildman–Crippen LogP) is 0.836. The van der Waals surface area contributed by atoms with Crippen LogP contribution in [0.3, 0.4) is 0 Å². The number of carbonyl (C=O) groups excluding carboxylic acids is 2. The average molecular weight is 250 g/mol. The van der Waals surface area contributed by atoms with Crippen molar-refractivity contribution in [2.24, 2.45) is 0 Å². The van der Waals surface area contributed by atoms with Gasteiger partial charge in [-0.15, -0.1) is 0 Å². The Labute approximate surface area is 107 Å². The summed E-state index contributed by atoms with van der Waals surface area (Å²) < 4.78 is 5.50. The first-order valence-corrected chi connectivity index (χ1v) is 5.78. The average Bonchev–Trinajstić information content (AvgIpc) is 2.36. The Morgan fingerprint density at radius 2 is 1.78 bits per heavy atom. The lowest BCUT2D eigenvalue weighted by molar-refractivity contribution is -0.139. The van der Waals surface area contributed by atoms with Crippen molar-refractivity contribution in [3.05, 3.63) is 29.8 Å². The number of nitrogens with one attached hydrogen (secondary N) is 2. The summed E-state index contributed by atoms with van der Waals surface area (Å²) in [7, 11) is 1.42. The van der Waals surface area contributed by atoms with Gasteiger partial charge in [0.2, 0.25) is 0 Å². The number of carbonyl (C=O) groups is 2. The third-order valence-electron chi connectivity index (χ3n) is 2.18. The third kappa shape index (κ3) is 4.45. The van der Waals surface area contributed by atoms with Gasteiger partial charge in [-0.3, -0.25) is 9.59 Å². The van der Waals surface area contributed by atoms with Gasteiger partial charge in [0.1, 0.15) is 5.75 Å². The van der Waals surface area contributed by atoms with Crippen LogP contribution >= 0.6 is 0 Å². The minimum absolute atomic E-state index is 0.129. The zero-order valence-corrected chi connectivity index (χ0v) is 10.8. The van der Waals surface area contributed by atoms with E-state index < -0.39 is 11.8 Å². The maximum atomic E-state index is 11.2. The zero-order valence-electron chi connectivity index (χ0n) is 10.8. The number of ether oxygens (including phenoxy) is 1. The van der Waals surface area contributed by atoms with Gasteiger partial charge in [0.15, 0.2) is 0 Å². The van der Waals surface area contributed by atoms with Crippen molar-refractivity contribution < 1.29 is 14.3 Å². The molecule has 5 heteroatoms. The van der Waals surface area contributed by atoms with Crippen LogP contribution in [0.4, 0.5) is 0 Å². The van der Waals surface area contributed by atoms with E-state index in [1.54, 1.807) is 0 Å². The molecule has 1 aromatic rings. The van der Waals surface area contributed by atoms with E-state index in [2.05, 4.69) is 10.6 Å². The lowest BCUT2D eigenvalue weighted by Crippen LogP contribution is -2.37. The zero-order chi connectivity index (χ0) is 13.5. The van der Waals surface area contributed by atoms with E-state index in [1.807, 2.05) is 38.1 Å². The van der Waals surface area contributed by atoms with E-state index in [1.165, 1.54) is 7.05 Å². The van der Waals surface area contributed by atoms with Crippen LogP contribution < -0.4 is 15.4 Å². The van der Waals surface area contributed by atoms with Gasteiger partial charge < -0.3 is 15.4 Å². The second kappa shape index (κ2) is 6.64. The second-order valence-electron chi connectivity index (χ2n) is 4.07. The maximum Gasteiger partial charge on any atom is 0.309 e. The highest BCUT2D eigenvalue weighted by atomic mass is 16.5. The van der Waals surface area contributed by atoms with E-state index >= 15 is 0 Å². The van der Waals surface area contributed by atoms with E-state index in [9.17, 15) is 9.59 Å². The molecule has 0 radical (unpaired) electrons. The molecule has 1 aromatic carbocycles. The van der Waals surface area contributed by atoms with Gasteiger partial charge in [-0.1, -0.05) is 12.1 Å². The molecule has 0 aromatic heterocycles. The van der Waals surface area contributed by atoms with Crippen molar-refractivity contribution >= 4 is 11.8 Å². The summed E-state index contributed by atoms with van der Waals surface area (Å²) in [5.41, 5.74) is 0.906. The number of likely N-dealkylation sites (N-methyl/N-ethyl adjacent to an activating group) is 1. The molecular weight excluding hydrogens is 232 g/mol. The highest BCUT2D eigenvalue weighted by molar-refractivity contribution is 6.34. The van der Waals surface area contributed by atoms with Crippen LogP contribution in [0.2, 0.25) is 0 Å². The van der Waals surface area contributed by atoms with Gasteiger partial charge in [0.25, 0.3) is 0 Å². The molecule has 5 nitrogen and oxygen atoms in total. The van der Waals surface area contributed by atoms with Gasteiger partial charge in [-0.2, -0.15) is 0 Å². The Morgan fingerprint density at radius 1 is 1.17 bits per heavy atom. The topological polar surface area (TPSA) is 67.4 Å². The largest absolute Gasteiger partial charge is 0.491 e. The molecule has 18 heavy (non-hydrogen) atoms.